The highest BCUT2D eigenvalue weighted by molar-refractivity contribution is 5.27. The molecule has 2 aromatic heterocycles. The summed E-state index contributed by atoms with van der Waals surface area (Å²) < 4.78 is 6.82. The first-order valence-electron chi connectivity index (χ1n) is 5.41. The Bertz CT molecular complexity index is 556. The van der Waals surface area contributed by atoms with Crippen LogP contribution in [0.3, 0.4) is 0 Å². The van der Waals surface area contributed by atoms with Crippen LogP contribution in [0.5, 0.6) is 0 Å². The monoisotopic (exact) mass is 231 g/mol. The van der Waals surface area contributed by atoms with Crippen LogP contribution in [0.1, 0.15) is 35.3 Å². The van der Waals surface area contributed by atoms with Crippen LogP contribution in [0.25, 0.3) is 0 Å². The summed E-state index contributed by atoms with van der Waals surface area (Å²) in [5.74, 6) is 0.776. The first-order chi connectivity index (χ1) is 8.17. The fraction of sp³-hybridized carbons (Fsp3) is 0.455. The SMILES string of the molecule is CCc1c(C#N)nnn1Cc1c(C)noc1C. The van der Waals surface area contributed by atoms with Crippen LogP contribution < -0.4 is 0 Å². The van der Waals surface area contributed by atoms with E-state index in [2.05, 4.69) is 15.5 Å². The average molecular weight is 231 g/mol. The van der Waals surface area contributed by atoms with Gasteiger partial charge in [-0.3, -0.25) is 0 Å². The first-order valence-corrected chi connectivity index (χ1v) is 5.41. The van der Waals surface area contributed by atoms with Gasteiger partial charge >= 0.3 is 0 Å². The minimum Gasteiger partial charge on any atom is -0.361 e. The predicted molar refractivity (Wildman–Crippen MR) is 59.2 cm³/mol. The van der Waals surface area contributed by atoms with Gasteiger partial charge in [0.1, 0.15) is 11.8 Å². The van der Waals surface area contributed by atoms with Gasteiger partial charge in [0.25, 0.3) is 0 Å². The number of hydrogen-bond acceptors (Lipinski definition) is 5. The molecule has 0 aromatic carbocycles. The Labute approximate surface area is 98.8 Å². The molecule has 0 atom stereocenters. The molecule has 17 heavy (non-hydrogen) atoms. The van der Waals surface area contributed by atoms with Crippen LogP contribution in [0.4, 0.5) is 0 Å². The summed E-state index contributed by atoms with van der Waals surface area (Å²) >= 11 is 0. The van der Waals surface area contributed by atoms with Gasteiger partial charge in [-0.2, -0.15) is 5.26 Å². The van der Waals surface area contributed by atoms with Crippen LogP contribution in [0.2, 0.25) is 0 Å². The van der Waals surface area contributed by atoms with Crippen molar-refractivity contribution in [3.05, 3.63) is 28.4 Å². The molecule has 0 amide bonds. The van der Waals surface area contributed by atoms with Crippen molar-refractivity contribution in [3.63, 3.8) is 0 Å². The van der Waals surface area contributed by atoms with Gasteiger partial charge < -0.3 is 4.52 Å². The van der Waals surface area contributed by atoms with Crippen LogP contribution in [-0.4, -0.2) is 20.2 Å². The van der Waals surface area contributed by atoms with E-state index >= 15 is 0 Å². The number of nitrogens with zero attached hydrogens (tertiary/aromatic N) is 5. The van der Waals surface area contributed by atoms with Gasteiger partial charge in [0.05, 0.1) is 17.9 Å². The molecule has 0 radical (unpaired) electrons. The van der Waals surface area contributed by atoms with Gasteiger partial charge in [0.15, 0.2) is 5.69 Å². The molecule has 0 saturated heterocycles. The summed E-state index contributed by atoms with van der Waals surface area (Å²) in [6.07, 6.45) is 0.721. The standard InChI is InChI=1S/C11H13N5O/c1-4-11-10(5-12)13-15-16(11)6-9-7(2)14-17-8(9)3/h4,6H2,1-3H3. The molecule has 2 rings (SSSR count). The largest absolute Gasteiger partial charge is 0.361 e. The Hall–Kier alpha value is -2.16. The molecule has 0 spiro atoms. The molecule has 0 aliphatic rings. The molecule has 6 nitrogen and oxygen atoms in total. The zero-order valence-corrected chi connectivity index (χ0v) is 10.1. The molecular formula is C11H13N5O. The highest BCUT2D eigenvalue weighted by Crippen LogP contribution is 2.15. The minimum atomic E-state index is 0.388. The van der Waals surface area contributed by atoms with Crippen molar-refractivity contribution in [2.24, 2.45) is 0 Å². The maximum Gasteiger partial charge on any atom is 0.185 e. The lowest BCUT2D eigenvalue weighted by Gasteiger charge is -2.03. The third kappa shape index (κ3) is 1.91. The summed E-state index contributed by atoms with van der Waals surface area (Å²) in [6.45, 7) is 6.27. The number of rotatable bonds is 3. The Morgan fingerprint density at radius 2 is 2.18 bits per heavy atom. The zero-order chi connectivity index (χ0) is 12.4. The number of hydrogen-bond donors (Lipinski definition) is 0. The van der Waals surface area contributed by atoms with Crippen LogP contribution in [0, 0.1) is 25.2 Å². The second kappa shape index (κ2) is 4.37. The Morgan fingerprint density at radius 1 is 1.41 bits per heavy atom. The van der Waals surface area contributed by atoms with E-state index in [0.29, 0.717) is 12.2 Å². The van der Waals surface area contributed by atoms with Gasteiger partial charge in [-0.15, -0.1) is 5.10 Å². The second-order valence-corrected chi connectivity index (χ2v) is 3.81. The second-order valence-electron chi connectivity index (χ2n) is 3.81. The lowest BCUT2D eigenvalue weighted by Crippen LogP contribution is -2.07. The molecular weight excluding hydrogens is 218 g/mol. The van der Waals surface area contributed by atoms with Gasteiger partial charge in [0, 0.05) is 5.56 Å². The zero-order valence-electron chi connectivity index (χ0n) is 10.1. The van der Waals surface area contributed by atoms with Crippen molar-refractivity contribution in [3.8, 4) is 6.07 Å². The Kier molecular flexibility index (Phi) is 2.91. The maximum atomic E-state index is 8.90. The van der Waals surface area contributed by atoms with E-state index in [-0.39, 0.29) is 0 Å². The Morgan fingerprint density at radius 3 is 2.71 bits per heavy atom. The highest BCUT2D eigenvalue weighted by Gasteiger charge is 2.15. The Balaban J connectivity index is 2.37. The van der Waals surface area contributed by atoms with Crippen molar-refractivity contribution >= 4 is 0 Å². The topological polar surface area (TPSA) is 80.5 Å². The third-order valence-corrected chi connectivity index (χ3v) is 2.77. The third-order valence-electron chi connectivity index (χ3n) is 2.77. The van der Waals surface area contributed by atoms with Crippen molar-refractivity contribution in [2.45, 2.75) is 33.7 Å². The molecule has 0 N–H and O–H groups in total. The molecule has 0 bridgehead atoms. The van der Waals surface area contributed by atoms with E-state index in [9.17, 15) is 0 Å². The molecule has 2 aromatic rings. The summed E-state index contributed by atoms with van der Waals surface area (Å²) in [6, 6.07) is 2.04. The smallest absolute Gasteiger partial charge is 0.185 e. The van der Waals surface area contributed by atoms with Gasteiger partial charge in [0.2, 0.25) is 0 Å². The van der Waals surface area contributed by atoms with Crippen molar-refractivity contribution < 1.29 is 4.52 Å². The number of nitriles is 1. The van der Waals surface area contributed by atoms with Crippen molar-refractivity contribution in [2.75, 3.05) is 0 Å². The van der Waals surface area contributed by atoms with E-state index in [4.69, 9.17) is 9.78 Å². The van der Waals surface area contributed by atoms with Crippen LogP contribution in [-0.2, 0) is 13.0 Å². The molecule has 6 heteroatoms. The fourth-order valence-corrected chi connectivity index (χ4v) is 1.77. The quantitative estimate of drug-likeness (QED) is 0.796. The van der Waals surface area contributed by atoms with Crippen molar-refractivity contribution in [1.29, 1.82) is 5.26 Å². The summed E-state index contributed by atoms with van der Waals surface area (Å²) in [4.78, 5) is 0. The van der Waals surface area contributed by atoms with E-state index in [1.807, 2.05) is 26.8 Å². The number of aromatic nitrogens is 4. The first kappa shape index (κ1) is 11.3. The average Bonchev–Trinajstić information content (AvgIpc) is 2.86. The van der Waals surface area contributed by atoms with Gasteiger partial charge in [-0.05, 0) is 20.3 Å². The highest BCUT2D eigenvalue weighted by atomic mass is 16.5. The van der Waals surface area contributed by atoms with Gasteiger partial charge in [-0.25, -0.2) is 4.68 Å². The maximum absolute atomic E-state index is 8.90. The van der Waals surface area contributed by atoms with E-state index < -0.39 is 0 Å². The summed E-state index contributed by atoms with van der Waals surface area (Å²) in [5, 5.41) is 20.6. The van der Waals surface area contributed by atoms with Crippen LogP contribution >= 0.6 is 0 Å². The number of aryl methyl sites for hydroxylation is 2. The summed E-state index contributed by atoms with van der Waals surface area (Å²) in [5.41, 5.74) is 3.07. The molecule has 0 saturated carbocycles. The van der Waals surface area contributed by atoms with Gasteiger partial charge in [-0.1, -0.05) is 17.3 Å². The predicted octanol–water partition coefficient (Wildman–Crippen LogP) is 1.37. The fourth-order valence-electron chi connectivity index (χ4n) is 1.77. The lowest BCUT2D eigenvalue weighted by atomic mass is 10.2. The lowest BCUT2D eigenvalue weighted by molar-refractivity contribution is 0.391. The molecule has 88 valence electrons. The van der Waals surface area contributed by atoms with E-state index in [1.54, 1.807) is 4.68 Å². The molecule has 0 unspecified atom stereocenters. The summed E-state index contributed by atoms with van der Waals surface area (Å²) in [7, 11) is 0. The minimum absolute atomic E-state index is 0.388. The molecule has 2 heterocycles. The van der Waals surface area contributed by atoms with E-state index in [0.717, 1.165) is 29.1 Å². The van der Waals surface area contributed by atoms with E-state index in [1.165, 1.54) is 0 Å². The molecule has 0 fully saturated rings. The molecule has 0 aliphatic heterocycles. The van der Waals surface area contributed by atoms with Crippen molar-refractivity contribution in [1.82, 2.24) is 20.2 Å². The van der Waals surface area contributed by atoms with Crippen LogP contribution in [0.15, 0.2) is 4.52 Å². The normalized spacial score (nSPS) is 10.5. The molecule has 0 aliphatic carbocycles.